The molecular weight excluding hydrogens is 1480 g/mol. The van der Waals surface area contributed by atoms with Gasteiger partial charge in [-0.25, -0.2) is 56.1 Å². The van der Waals surface area contributed by atoms with Gasteiger partial charge in [-0.2, -0.15) is 0 Å². The molecular formula is C75H61BBrClF9N11O8. The zero-order valence-electron chi connectivity index (χ0n) is 57.5. The van der Waals surface area contributed by atoms with Crippen molar-refractivity contribution in [3.8, 4) is 62.2 Å². The molecule has 31 heteroatoms. The number of aromatic nitrogens is 9. The maximum Gasteiger partial charge on any atom is 0.573 e. The molecule has 0 spiro atoms. The summed E-state index contributed by atoms with van der Waals surface area (Å²) in [7, 11) is 2.13. The number of amides is 1. The number of methoxy groups -OCH3 is 2. The van der Waals surface area contributed by atoms with E-state index in [0.29, 0.717) is 61.8 Å². The number of anilines is 1. The second-order valence-electron chi connectivity index (χ2n) is 24.2. The lowest BCUT2D eigenvalue weighted by Crippen LogP contribution is -2.41. The molecule has 3 N–H and O–H groups in total. The van der Waals surface area contributed by atoms with Crippen LogP contribution in [0.2, 0.25) is 0 Å². The van der Waals surface area contributed by atoms with E-state index in [0.717, 1.165) is 51.3 Å². The summed E-state index contributed by atoms with van der Waals surface area (Å²) >= 11 is 7.53. The summed E-state index contributed by atoms with van der Waals surface area (Å²) in [6.07, 6.45) is 9.90. The molecule has 0 unspecified atom stereocenters. The van der Waals surface area contributed by atoms with Crippen molar-refractivity contribution in [1.29, 1.82) is 0 Å². The Bertz CT molecular complexity index is 5440. The summed E-state index contributed by atoms with van der Waals surface area (Å²) in [5, 5.41) is 6.60. The number of nitrogens with two attached hydrogens (primary N) is 1. The molecule has 0 aliphatic carbocycles. The fourth-order valence-electron chi connectivity index (χ4n) is 11.0. The number of imidazole rings is 3. The summed E-state index contributed by atoms with van der Waals surface area (Å²) in [4.78, 5) is 62.3. The number of esters is 2. The maximum absolute atomic E-state index is 14.4. The molecule has 0 radical (unpaired) electrons. The maximum atomic E-state index is 14.4. The third kappa shape index (κ3) is 16.6. The Morgan fingerprint density at radius 3 is 1.31 bits per heavy atom. The van der Waals surface area contributed by atoms with Gasteiger partial charge in [-0.15, -0.1) is 13.2 Å². The Hall–Kier alpha value is -11.3. The van der Waals surface area contributed by atoms with Gasteiger partial charge < -0.3 is 28.8 Å². The molecule has 1 aliphatic rings. The number of benzene rings is 4. The second-order valence-corrected chi connectivity index (χ2v) is 25.1. The first-order chi connectivity index (χ1) is 50.5. The number of pyridine rings is 6. The number of hydrogen-bond acceptors (Lipinski definition) is 15. The summed E-state index contributed by atoms with van der Waals surface area (Å²) in [5.74, 6) is -6.62. The van der Waals surface area contributed by atoms with Crippen molar-refractivity contribution >= 4 is 80.4 Å². The van der Waals surface area contributed by atoms with Crippen molar-refractivity contribution in [1.82, 2.24) is 43.1 Å². The summed E-state index contributed by atoms with van der Waals surface area (Å²) in [5.41, 5.74) is 7.63. The lowest BCUT2D eigenvalue weighted by molar-refractivity contribution is -0.274. The van der Waals surface area contributed by atoms with Crippen LogP contribution in [0.4, 0.5) is 45.2 Å². The number of carbonyl (C=O) groups excluding carboxylic acids is 3. The molecule has 0 atom stereocenters. The Kier molecular flexibility index (Phi) is 23.6. The van der Waals surface area contributed by atoms with Gasteiger partial charge >= 0.3 is 25.4 Å². The molecule has 1 aliphatic heterocycles. The molecule has 544 valence electrons. The van der Waals surface area contributed by atoms with E-state index < -0.39 is 83.2 Å². The van der Waals surface area contributed by atoms with Crippen molar-refractivity contribution in [3.05, 3.63) is 262 Å². The fourth-order valence-corrected chi connectivity index (χ4v) is 11.4. The number of carbonyl (C=O) groups is 3. The average Bonchev–Trinajstić information content (AvgIpc) is 1.59. The van der Waals surface area contributed by atoms with Crippen LogP contribution >= 0.6 is 27.7 Å². The SMILES string of the molecule is COC(=O)c1cc(-c2cccn3c(-c4cccc(F)c4F)ncc23)cnc1C.COC(=O)c1cc(B2OC(C)(C)C(C)(C)O2)cnc1C.Cc1ncc(-c2cccn3c(-c4cccc(F)c4F)ncc23)cc1C(=O)Nc1ccc(OC(F)(F)F)cc1.Fc1cccc(-c2ncc3c(Br)cccn23)c1F.NCl. The highest BCUT2D eigenvalue weighted by atomic mass is 79.9. The Morgan fingerprint density at radius 2 is 0.877 bits per heavy atom. The van der Waals surface area contributed by atoms with E-state index in [-0.39, 0.29) is 39.6 Å². The molecule has 14 rings (SSSR count). The van der Waals surface area contributed by atoms with Crippen LogP contribution in [0.3, 0.4) is 0 Å². The minimum Gasteiger partial charge on any atom is -0.465 e. The smallest absolute Gasteiger partial charge is 0.465 e. The first kappa shape index (κ1) is 77.3. The van der Waals surface area contributed by atoms with E-state index in [4.69, 9.17) is 18.8 Å². The van der Waals surface area contributed by atoms with Crippen LogP contribution in [0, 0.1) is 55.7 Å². The number of ether oxygens (including phenoxy) is 3. The van der Waals surface area contributed by atoms with Gasteiger partial charge in [0.25, 0.3) is 5.91 Å². The van der Waals surface area contributed by atoms with Gasteiger partial charge in [-0.3, -0.25) is 32.9 Å². The van der Waals surface area contributed by atoms with Gasteiger partial charge in [0.1, 0.15) is 23.2 Å². The summed E-state index contributed by atoms with van der Waals surface area (Å²) in [6, 6.07) is 32.4. The van der Waals surface area contributed by atoms with Crippen LogP contribution in [-0.2, 0) is 18.8 Å². The number of nitrogens with one attached hydrogen (secondary N) is 1. The lowest BCUT2D eigenvalue weighted by Gasteiger charge is -2.32. The molecule has 106 heavy (non-hydrogen) atoms. The number of fused-ring (bicyclic) bond motifs is 3. The van der Waals surface area contributed by atoms with Crippen molar-refractivity contribution in [2.75, 3.05) is 19.5 Å². The number of aryl methyl sites for hydroxylation is 3. The monoisotopic (exact) mass is 1540 g/mol. The first-order valence-electron chi connectivity index (χ1n) is 31.7. The molecule has 10 heterocycles. The molecule has 13 aromatic rings. The van der Waals surface area contributed by atoms with E-state index in [9.17, 15) is 53.9 Å². The summed E-state index contributed by atoms with van der Waals surface area (Å²) < 4.78 is 151. The van der Waals surface area contributed by atoms with E-state index >= 15 is 0 Å². The normalized spacial score (nSPS) is 12.7. The average molecular weight is 1540 g/mol. The molecule has 4 aromatic carbocycles. The van der Waals surface area contributed by atoms with E-state index in [1.54, 1.807) is 126 Å². The third-order valence-electron chi connectivity index (χ3n) is 17.1. The Morgan fingerprint density at radius 1 is 0.500 bits per heavy atom. The van der Waals surface area contributed by atoms with Crippen molar-refractivity contribution < 1.29 is 77.4 Å². The highest BCUT2D eigenvalue weighted by molar-refractivity contribution is 9.10. The predicted octanol–water partition coefficient (Wildman–Crippen LogP) is 16.9. The second kappa shape index (κ2) is 32.4. The van der Waals surface area contributed by atoms with Gasteiger partial charge in [-0.1, -0.05) is 30.3 Å². The van der Waals surface area contributed by atoms with Crippen molar-refractivity contribution in [3.63, 3.8) is 0 Å². The van der Waals surface area contributed by atoms with Crippen LogP contribution in [0.15, 0.2) is 194 Å². The molecule has 1 fully saturated rings. The van der Waals surface area contributed by atoms with E-state index in [1.807, 2.05) is 39.8 Å². The fraction of sp³-hybridized carbons (Fsp3) is 0.160. The van der Waals surface area contributed by atoms with E-state index in [2.05, 4.69) is 72.9 Å². The zero-order valence-corrected chi connectivity index (χ0v) is 59.8. The van der Waals surface area contributed by atoms with Gasteiger partial charge in [0.2, 0.25) is 0 Å². The molecule has 1 amide bonds. The largest absolute Gasteiger partial charge is 0.573 e. The Balaban J connectivity index is 0.000000156. The first-order valence-corrected chi connectivity index (χ1v) is 32.9. The molecule has 0 saturated carbocycles. The van der Waals surface area contributed by atoms with E-state index in [1.165, 1.54) is 68.9 Å². The molecule has 0 bridgehead atoms. The number of halogens is 11. The topological polar surface area (TPSA) is 226 Å². The molecule has 1 saturated heterocycles. The van der Waals surface area contributed by atoms with Crippen LogP contribution in [0.1, 0.15) is 75.9 Å². The number of rotatable bonds is 11. The van der Waals surface area contributed by atoms with Crippen molar-refractivity contribution in [2.45, 2.75) is 66.0 Å². The van der Waals surface area contributed by atoms with Crippen LogP contribution in [0.25, 0.3) is 73.0 Å². The van der Waals surface area contributed by atoms with Crippen LogP contribution in [-0.4, -0.2) is 99.9 Å². The van der Waals surface area contributed by atoms with Gasteiger partial charge in [0, 0.05) is 75.1 Å². The quantitative estimate of drug-likeness (QED) is 0.0531. The third-order valence-corrected chi connectivity index (χ3v) is 17.7. The predicted molar refractivity (Wildman–Crippen MR) is 384 cm³/mol. The summed E-state index contributed by atoms with van der Waals surface area (Å²) in [6.45, 7) is 13.1. The van der Waals surface area contributed by atoms with Gasteiger partial charge in [0.15, 0.2) is 34.9 Å². The lowest BCUT2D eigenvalue weighted by atomic mass is 9.79. The minimum absolute atomic E-state index is 0.00380. The minimum atomic E-state index is -4.82. The zero-order chi connectivity index (χ0) is 76.7. The molecule has 19 nitrogen and oxygen atoms in total. The van der Waals surface area contributed by atoms with Crippen LogP contribution < -0.4 is 20.8 Å². The van der Waals surface area contributed by atoms with Crippen molar-refractivity contribution in [2.24, 2.45) is 5.25 Å². The number of hydrogen-bond donors (Lipinski definition) is 2. The van der Waals surface area contributed by atoms with Gasteiger partial charge in [0.05, 0.1) is 111 Å². The standard InChI is InChI=1S/C27H17F5N4O2.C21H15F2N3O2.C14H20BNO4.C13H7BrF2N2.ClH2N/c1-15-21(26(37)35-17-7-9-18(10-8-17)38-27(30,31)32)12-16(13-33-15)19-5-3-11-36-23(19)14-34-25(36)20-4-2-6-22(28)24(20)29;1-12-16(21(27)28-2)9-13(10-24-12)14-6-4-8-26-18(14)11-25-20(26)15-5-3-7-17(22)19(15)23;1-9-11(12(17)18-6)7-10(8-16-9)15-19-13(2,3)14(4,5)20-15;14-9-4-2-6-18-11(9)7-17-13(18)8-3-1-5-10(15)12(8)16;1-2/h2-14H,1H3,(H,35,37);3-11H,1-2H3;7-8H,1-6H3;1-7H;2H2. The number of alkyl halides is 3. The molecule has 9 aromatic heterocycles. The highest BCUT2D eigenvalue weighted by Crippen LogP contribution is 2.38. The number of nitrogens with zero attached hydrogens (tertiary/aromatic N) is 9. The Labute approximate surface area is 613 Å². The van der Waals surface area contributed by atoms with Crippen LogP contribution in [0.5, 0.6) is 5.75 Å². The van der Waals surface area contributed by atoms with Gasteiger partial charge in [-0.05, 0) is 179 Å². The highest BCUT2D eigenvalue weighted by Gasteiger charge is 2.52.